The zero-order valence-electron chi connectivity index (χ0n) is 14.6. The number of fused-ring (bicyclic) bond motifs is 1. The number of aliphatic hydroxyl groups is 1. The van der Waals surface area contributed by atoms with Gasteiger partial charge in [-0.3, -0.25) is 4.79 Å². The van der Waals surface area contributed by atoms with Crippen LogP contribution in [0.2, 0.25) is 0 Å². The van der Waals surface area contributed by atoms with Gasteiger partial charge in [-0.2, -0.15) is 0 Å². The SMILES string of the molecule is CC(=O)N1CCc2c(cccc2OCC(O)CNC(C)(C)C)C1. The Morgan fingerprint density at radius 3 is 2.83 bits per heavy atom. The summed E-state index contributed by atoms with van der Waals surface area (Å²) in [6.45, 7) is 9.90. The maximum atomic E-state index is 11.5. The van der Waals surface area contributed by atoms with Gasteiger partial charge in [0.05, 0.1) is 0 Å². The number of ether oxygens (including phenoxy) is 1. The fourth-order valence-corrected chi connectivity index (χ4v) is 2.65. The largest absolute Gasteiger partial charge is 0.491 e. The fraction of sp³-hybridized carbons (Fsp3) is 0.611. The Morgan fingerprint density at radius 2 is 2.17 bits per heavy atom. The molecule has 1 amide bonds. The van der Waals surface area contributed by atoms with Crippen LogP contribution in [-0.2, 0) is 17.8 Å². The van der Waals surface area contributed by atoms with Crippen molar-refractivity contribution < 1.29 is 14.6 Å². The number of carbonyl (C=O) groups excluding carboxylic acids is 1. The van der Waals surface area contributed by atoms with Crippen LogP contribution in [0.4, 0.5) is 0 Å². The molecule has 1 aromatic carbocycles. The predicted octanol–water partition coefficient (Wildman–Crippen LogP) is 1.72. The van der Waals surface area contributed by atoms with Gasteiger partial charge in [-0.15, -0.1) is 0 Å². The molecule has 0 bridgehead atoms. The van der Waals surface area contributed by atoms with Crippen molar-refractivity contribution >= 4 is 5.91 Å². The van der Waals surface area contributed by atoms with Crippen molar-refractivity contribution in [3.05, 3.63) is 29.3 Å². The minimum Gasteiger partial charge on any atom is -0.491 e. The number of hydrogen-bond donors (Lipinski definition) is 2. The Balaban J connectivity index is 1.94. The molecular weight excluding hydrogens is 292 g/mol. The first kappa shape index (κ1) is 17.8. The van der Waals surface area contributed by atoms with E-state index in [-0.39, 0.29) is 18.1 Å². The Hall–Kier alpha value is -1.59. The van der Waals surface area contributed by atoms with Gasteiger partial charge in [-0.05, 0) is 38.8 Å². The van der Waals surface area contributed by atoms with Gasteiger partial charge in [0, 0.05) is 37.7 Å². The first-order chi connectivity index (χ1) is 10.8. The fourth-order valence-electron chi connectivity index (χ4n) is 2.65. The molecule has 1 aliphatic heterocycles. The van der Waals surface area contributed by atoms with E-state index in [1.807, 2.05) is 23.1 Å². The second kappa shape index (κ2) is 7.32. The molecule has 1 aromatic rings. The number of benzene rings is 1. The van der Waals surface area contributed by atoms with E-state index in [0.29, 0.717) is 13.1 Å². The van der Waals surface area contributed by atoms with E-state index >= 15 is 0 Å². The van der Waals surface area contributed by atoms with Gasteiger partial charge in [-0.1, -0.05) is 12.1 Å². The number of β-amino-alcohol motifs (C(OH)–C–C–N with tert-alkyl or cyclic N) is 1. The predicted molar refractivity (Wildman–Crippen MR) is 90.5 cm³/mol. The highest BCUT2D eigenvalue weighted by molar-refractivity contribution is 5.73. The summed E-state index contributed by atoms with van der Waals surface area (Å²) in [5.74, 6) is 0.922. The molecule has 0 saturated carbocycles. The van der Waals surface area contributed by atoms with Gasteiger partial charge in [-0.25, -0.2) is 0 Å². The van der Waals surface area contributed by atoms with Crippen molar-refractivity contribution in [1.82, 2.24) is 10.2 Å². The highest BCUT2D eigenvalue weighted by Crippen LogP contribution is 2.28. The van der Waals surface area contributed by atoms with E-state index in [1.54, 1.807) is 6.92 Å². The van der Waals surface area contributed by atoms with Crippen molar-refractivity contribution in [2.45, 2.75) is 52.3 Å². The number of nitrogens with one attached hydrogen (secondary N) is 1. The third-order valence-corrected chi connectivity index (χ3v) is 3.97. The molecular formula is C18H28N2O3. The zero-order valence-corrected chi connectivity index (χ0v) is 14.6. The smallest absolute Gasteiger partial charge is 0.219 e. The van der Waals surface area contributed by atoms with Gasteiger partial charge >= 0.3 is 0 Å². The summed E-state index contributed by atoms with van der Waals surface area (Å²) in [5, 5.41) is 13.3. The van der Waals surface area contributed by atoms with Crippen molar-refractivity contribution in [1.29, 1.82) is 0 Å². The summed E-state index contributed by atoms with van der Waals surface area (Å²) in [6, 6.07) is 5.92. The molecule has 1 unspecified atom stereocenters. The molecule has 2 N–H and O–H groups in total. The third kappa shape index (κ3) is 5.22. The van der Waals surface area contributed by atoms with E-state index in [4.69, 9.17) is 4.74 Å². The normalized spacial score (nSPS) is 16.0. The van der Waals surface area contributed by atoms with Crippen molar-refractivity contribution in [3.8, 4) is 5.75 Å². The number of aliphatic hydroxyl groups excluding tert-OH is 1. The number of hydrogen-bond acceptors (Lipinski definition) is 4. The number of rotatable bonds is 5. The topological polar surface area (TPSA) is 61.8 Å². The van der Waals surface area contributed by atoms with Crippen LogP contribution in [-0.4, -0.2) is 47.3 Å². The highest BCUT2D eigenvalue weighted by Gasteiger charge is 2.21. The molecule has 128 valence electrons. The molecule has 23 heavy (non-hydrogen) atoms. The van der Waals surface area contributed by atoms with E-state index in [1.165, 1.54) is 0 Å². The molecule has 0 saturated heterocycles. The van der Waals surface area contributed by atoms with Crippen molar-refractivity contribution in [2.24, 2.45) is 0 Å². The minimum atomic E-state index is -0.553. The molecule has 5 heteroatoms. The number of carbonyl (C=O) groups is 1. The third-order valence-electron chi connectivity index (χ3n) is 3.97. The molecule has 0 radical (unpaired) electrons. The van der Waals surface area contributed by atoms with E-state index < -0.39 is 6.10 Å². The minimum absolute atomic E-state index is 0.0248. The van der Waals surface area contributed by atoms with Crippen LogP contribution in [0.5, 0.6) is 5.75 Å². The van der Waals surface area contributed by atoms with Crippen LogP contribution in [0, 0.1) is 0 Å². The van der Waals surface area contributed by atoms with Crippen LogP contribution >= 0.6 is 0 Å². The van der Waals surface area contributed by atoms with Crippen LogP contribution in [0.25, 0.3) is 0 Å². The van der Waals surface area contributed by atoms with Gasteiger partial charge in [0.2, 0.25) is 5.91 Å². The molecule has 0 spiro atoms. The Morgan fingerprint density at radius 1 is 1.43 bits per heavy atom. The Labute approximate surface area is 138 Å². The first-order valence-corrected chi connectivity index (χ1v) is 8.18. The van der Waals surface area contributed by atoms with Crippen LogP contribution < -0.4 is 10.1 Å². The lowest BCUT2D eigenvalue weighted by atomic mass is 9.98. The van der Waals surface area contributed by atoms with Gasteiger partial charge < -0.3 is 20.1 Å². The monoisotopic (exact) mass is 320 g/mol. The van der Waals surface area contributed by atoms with Crippen LogP contribution in [0.3, 0.4) is 0 Å². The molecule has 1 aliphatic rings. The van der Waals surface area contributed by atoms with Crippen molar-refractivity contribution in [2.75, 3.05) is 19.7 Å². The molecule has 0 aliphatic carbocycles. The second-order valence-electron chi connectivity index (χ2n) is 7.18. The van der Waals surface area contributed by atoms with Crippen LogP contribution in [0.1, 0.15) is 38.8 Å². The van der Waals surface area contributed by atoms with E-state index in [2.05, 4.69) is 26.1 Å². The summed E-state index contributed by atoms with van der Waals surface area (Å²) in [5.41, 5.74) is 2.26. The van der Waals surface area contributed by atoms with E-state index in [0.717, 1.165) is 29.8 Å². The zero-order chi connectivity index (χ0) is 17.0. The summed E-state index contributed by atoms with van der Waals surface area (Å²) in [7, 11) is 0. The summed E-state index contributed by atoms with van der Waals surface area (Å²) < 4.78 is 5.83. The summed E-state index contributed by atoms with van der Waals surface area (Å²) >= 11 is 0. The molecule has 1 heterocycles. The quantitative estimate of drug-likeness (QED) is 0.867. The Kier molecular flexibility index (Phi) is 5.65. The van der Waals surface area contributed by atoms with Gasteiger partial charge in [0.25, 0.3) is 0 Å². The molecule has 5 nitrogen and oxygen atoms in total. The number of amides is 1. The lowest BCUT2D eigenvalue weighted by Crippen LogP contribution is -2.42. The maximum Gasteiger partial charge on any atom is 0.219 e. The van der Waals surface area contributed by atoms with Crippen LogP contribution in [0.15, 0.2) is 18.2 Å². The summed E-state index contributed by atoms with van der Waals surface area (Å²) in [6.07, 6.45) is 0.240. The van der Waals surface area contributed by atoms with Crippen molar-refractivity contribution in [3.63, 3.8) is 0 Å². The first-order valence-electron chi connectivity index (χ1n) is 8.18. The average Bonchev–Trinajstić information content (AvgIpc) is 2.49. The second-order valence-corrected chi connectivity index (χ2v) is 7.18. The number of nitrogens with zero attached hydrogens (tertiary/aromatic N) is 1. The standard InChI is InChI=1S/C18H28N2O3/c1-13(21)20-9-8-16-14(11-20)6-5-7-17(16)23-12-15(22)10-19-18(2,3)4/h5-7,15,19,22H,8-12H2,1-4H3. The van der Waals surface area contributed by atoms with Gasteiger partial charge in [0.15, 0.2) is 0 Å². The average molecular weight is 320 g/mol. The Bertz CT molecular complexity index is 552. The molecule has 0 aromatic heterocycles. The molecule has 0 fully saturated rings. The maximum absolute atomic E-state index is 11.5. The molecule has 2 rings (SSSR count). The summed E-state index contributed by atoms with van der Waals surface area (Å²) in [4.78, 5) is 13.4. The lowest BCUT2D eigenvalue weighted by molar-refractivity contribution is -0.129. The van der Waals surface area contributed by atoms with E-state index in [9.17, 15) is 9.90 Å². The lowest BCUT2D eigenvalue weighted by Gasteiger charge is -2.29. The highest BCUT2D eigenvalue weighted by atomic mass is 16.5. The van der Waals surface area contributed by atoms with Gasteiger partial charge in [0.1, 0.15) is 18.5 Å². The molecule has 1 atom stereocenters.